The van der Waals surface area contributed by atoms with E-state index in [1.165, 1.54) is 0 Å². The summed E-state index contributed by atoms with van der Waals surface area (Å²) in [6, 6.07) is 0. The summed E-state index contributed by atoms with van der Waals surface area (Å²) in [5.41, 5.74) is 0. The van der Waals surface area contributed by atoms with E-state index in [1.54, 1.807) is 0 Å². The van der Waals surface area contributed by atoms with Crippen LogP contribution in [0.2, 0.25) is 0 Å². The largest absolute Gasteiger partial charge is 0.479 e. The highest BCUT2D eigenvalue weighted by Gasteiger charge is 2.33. The molecule has 0 saturated heterocycles. The van der Waals surface area contributed by atoms with Gasteiger partial charge in [-0.1, -0.05) is 0 Å². The van der Waals surface area contributed by atoms with E-state index in [9.17, 15) is 4.79 Å². The topological polar surface area (TPSA) is 138 Å². The summed E-state index contributed by atoms with van der Waals surface area (Å²) in [7, 11) is 0. The average molecular weight is 252 g/mol. The van der Waals surface area contributed by atoms with Gasteiger partial charge in [-0.2, -0.15) is 0 Å². The van der Waals surface area contributed by atoms with Gasteiger partial charge in [0, 0.05) is 0 Å². The molecule has 17 heavy (non-hydrogen) atoms. The first-order valence-electron chi connectivity index (χ1n) is 4.47. The zero-order valence-corrected chi connectivity index (χ0v) is 9.44. The highest BCUT2D eigenvalue weighted by Crippen LogP contribution is 2.04. The smallest absolute Gasteiger partial charge is 0.335 e. The van der Waals surface area contributed by atoms with E-state index >= 15 is 0 Å². The van der Waals surface area contributed by atoms with E-state index in [2.05, 4.69) is 26.3 Å². The van der Waals surface area contributed by atoms with Crippen molar-refractivity contribution in [1.82, 2.24) is 0 Å². The first-order valence-corrected chi connectivity index (χ1v) is 4.47. The Morgan fingerprint density at radius 1 is 0.941 bits per heavy atom. The molecule has 0 aromatic heterocycles. The van der Waals surface area contributed by atoms with Gasteiger partial charge in [-0.15, -0.1) is 26.3 Å². The fraction of sp³-hybridized carbons (Fsp3) is 0.500. The predicted octanol–water partition coefficient (Wildman–Crippen LogP) is -1.89. The fourth-order valence-electron chi connectivity index (χ4n) is 0.668. The number of rotatable bonds is 5. The second-order valence-corrected chi connectivity index (χ2v) is 2.51. The molecule has 7 nitrogen and oxygen atoms in total. The van der Waals surface area contributed by atoms with Gasteiger partial charge in [0.2, 0.25) is 0 Å². The Bertz CT molecular complexity index is 195. The third-order valence-electron chi connectivity index (χ3n) is 1.51. The molecule has 0 aliphatic rings. The van der Waals surface area contributed by atoms with E-state index < -0.39 is 37.0 Å². The number of hydrogen-bond acceptors (Lipinski definition) is 6. The average Bonchev–Trinajstić information content (AvgIpc) is 2.39. The van der Waals surface area contributed by atoms with E-state index in [1.807, 2.05) is 0 Å². The maximum absolute atomic E-state index is 10.1. The first kappa shape index (κ1) is 21.1. The molecule has 0 bridgehead atoms. The number of hydrogen-bond donors (Lipinski definition) is 6. The maximum Gasteiger partial charge on any atom is 0.335 e. The number of aliphatic carboxylic acids is 1. The maximum atomic E-state index is 10.1. The molecule has 102 valence electrons. The van der Waals surface area contributed by atoms with E-state index in [0.29, 0.717) is 0 Å². The van der Waals surface area contributed by atoms with E-state index in [0.717, 1.165) is 0 Å². The Balaban J connectivity index is -0.000000439. The van der Waals surface area contributed by atoms with Crippen LogP contribution in [0.25, 0.3) is 0 Å². The lowest BCUT2D eigenvalue weighted by molar-refractivity contribution is -0.164. The summed E-state index contributed by atoms with van der Waals surface area (Å²) in [5, 5.41) is 51.8. The van der Waals surface area contributed by atoms with Crippen molar-refractivity contribution in [1.29, 1.82) is 0 Å². The summed E-state index contributed by atoms with van der Waals surface area (Å²) in [5.74, 6) is -1.73. The minimum atomic E-state index is -2.20. The molecule has 0 aliphatic carbocycles. The number of carbonyl (C=O) groups is 1. The van der Waals surface area contributed by atoms with Crippen LogP contribution in [0.15, 0.2) is 26.3 Å². The van der Waals surface area contributed by atoms with Crippen molar-refractivity contribution in [3.63, 3.8) is 0 Å². The quantitative estimate of drug-likeness (QED) is 0.314. The lowest BCUT2D eigenvalue weighted by Gasteiger charge is -2.23. The Kier molecular flexibility index (Phi) is 15.9. The van der Waals surface area contributed by atoms with E-state index in [-0.39, 0.29) is 0 Å². The molecular weight excluding hydrogens is 232 g/mol. The molecule has 0 aliphatic heterocycles. The second kappa shape index (κ2) is 12.8. The molecule has 4 unspecified atom stereocenters. The molecule has 4 atom stereocenters. The summed E-state index contributed by atoms with van der Waals surface area (Å²) >= 11 is 0. The monoisotopic (exact) mass is 252 g/mol. The van der Waals surface area contributed by atoms with Crippen molar-refractivity contribution in [3.8, 4) is 0 Å². The van der Waals surface area contributed by atoms with Gasteiger partial charge in [-0.3, -0.25) is 0 Å². The standard InChI is InChI=1S/C6H12O7.2C2H4/c7-1-2(8)3(9)4(10)5(11)6(12)13;2*1-2/h2-5,7-11H,1H2,(H,12,13);2*1-2H2. The van der Waals surface area contributed by atoms with Gasteiger partial charge in [0.1, 0.15) is 18.3 Å². The van der Waals surface area contributed by atoms with Crippen molar-refractivity contribution >= 4 is 5.97 Å². The lowest BCUT2D eigenvalue weighted by atomic mass is 10.0. The highest BCUT2D eigenvalue weighted by molar-refractivity contribution is 5.72. The lowest BCUT2D eigenvalue weighted by Crippen LogP contribution is -2.48. The zero-order valence-electron chi connectivity index (χ0n) is 9.44. The van der Waals surface area contributed by atoms with Gasteiger partial charge in [0.15, 0.2) is 6.10 Å². The van der Waals surface area contributed by atoms with Crippen molar-refractivity contribution < 1.29 is 35.4 Å². The molecule has 7 heteroatoms. The van der Waals surface area contributed by atoms with Crippen LogP contribution in [-0.2, 0) is 4.79 Å². The fourth-order valence-corrected chi connectivity index (χ4v) is 0.668. The van der Waals surface area contributed by atoms with Gasteiger partial charge < -0.3 is 30.6 Å². The summed E-state index contributed by atoms with van der Waals surface area (Å²) < 4.78 is 0. The van der Waals surface area contributed by atoms with Crippen LogP contribution in [0.5, 0.6) is 0 Å². The van der Waals surface area contributed by atoms with Gasteiger partial charge >= 0.3 is 5.97 Å². The van der Waals surface area contributed by atoms with Crippen LogP contribution in [0, 0.1) is 0 Å². The minimum absolute atomic E-state index is 0.843. The SMILES string of the molecule is C=C.C=C.O=C(O)C(O)C(O)C(O)C(O)CO. The molecule has 0 rings (SSSR count). The second-order valence-electron chi connectivity index (χ2n) is 2.51. The van der Waals surface area contributed by atoms with Gasteiger partial charge in [0.25, 0.3) is 0 Å². The Labute approximate surface area is 99.6 Å². The van der Waals surface area contributed by atoms with Crippen LogP contribution < -0.4 is 0 Å². The van der Waals surface area contributed by atoms with Crippen LogP contribution in [0.3, 0.4) is 0 Å². The molecule has 0 spiro atoms. The number of aliphatic hydroxyl groups excluding tert-OH is 5. The Morgan fingerprint density at radius 2 is 1.29 bits per heavy atom. The van der Waals surface area contributed by atoms with Crippen LogP contribution in [0.4, 0.5) is 0 Å². The molecule has 0 heterocycles. The summed E-state index contributed by atoms with van der Waals surface area (Å²) in [4.78, 5) is 10.1. The third-order valence-corrected chi connectivity index (χ3v) is 1.51. The molecule has 0 fully saturated rings. The molecule has 0 amide bonds. The van der Waals surface area contributed by atoms with E-state index in [4.69, 9.17) is 30.6 Å². The number of carboxylic acids is 1. The Hall–Kier alpha value is -1.25. The molecule has 0 radical (unpaired) electrons. The molecule has 0 aromatic carbocycles. The predicted molar refractivity (Wildman–Crippen MR) is 61.3 cm³/mol. The third kappa shape index (κ3) is 8.55. The minimum Gasteiger partial charge on any atom is -0.479 e. The molecular formula is C10H20O7. The highest BCUT2D eigenvalue weighted by atomic mass is 16.4. The molecule has 0 aromatic rings. The van der Waals surface area contributed by atoms with Crippen LogP contribution in [0.1, 0.15) is 0 Å². The summed E-state index contributed by atoms with van der Waals surface area (Å²) in [6.45, 7) is 11.2. The first-order chi connectivity index (χ1) is 7.91. The normalized spacial score (nSPS) is 16.1. The molecule has 0 saturated carbocycles. The van der Waals surface area contributed by atoms with Gasteiger partial charge in [0.05, 0.1) is 6.61 Å². The summed E-state index contributed by atoms with van der Waals surface area (Å²) in [6.07, 6.45) is -7.84. The zero-order chi connectivity index (χ0) is 14.6. The van der Waals surface area contributed by atoms with Crippen LogP contribution in [-0.4, -0.2) is 67.6 Å². The van der Waals surface area contributed by atoms with Gasteiger partial charge in [-0.25, -0.2) is 4.79 Å². The van der Waals surface area contributed by atoms with Crippen molar-refractivity contribution in [2.75, 3.05) is 6.61 Å². The van der Waals surface area contributed by atoms with Crippen molar-refractivity contribution in [2.24, 2.45) is 0 Å². The number of aliphatic hydroxyl groups is 5. The van der Waals surface area contributed by atoms with Crippen molar-refractivity contribution in [2.45, 2.75) is 24.4 Å². The Morgan fingerprint density at radius 3 is 1.53 bits per heavy atom. The van der Waals surface area contributed by atoms with Crippen molar-refractivity contribution in [3.05, 3.63) is 26.3 Å². The number of carboxylic acid groups (broad SMARTS) is 1. The molecule has 6 N–H and O–H groups in total. The van der Waals surface area contributed by atoms with Crippen LogP contribution >= 0.6 is 0 Å². The van der Waals surface area contributed by atoms with Gasteiger partial charge in [-0.05, 0) is 0 Å².